The SMILES string of the molecule is CC(C)CNc1nc2c(c(=O)n(C)c(=O)n2C)n1Cc1ccccc1. The summed E-state index contributed by atoms with van der Waals surface area (Å²) in [6.07, 6.45) is 0. The third kappa shape index (κ3) is 3.09. The monoisotopic (exact) mass is 341 g/mol. The number of nitrogens with zero attached hydrogens (tertiary/aromatic N) is 4. The Balaban J connectivity index is 2.24. The molecule has 7 heteroatoms. The summed E-state index contributed by atoms with van der Waals surface area (Å²) in [6, 6.07) is 9.89. The molecule has 7 nitrogen and oxygen atoms in total. The van der Waals surface area contributed by atoms with Gasteiger partial charge in [0, 0.05) is 20.6 Å². The molecule has 25 heavy (non-hydrogen) atoms. The fourth-order valence-electron chi connectivity index (χ4n) is 2.80. The minimum atomic E-state index is -0.378. The van der Waals surface area contributed by atoms with Crippen molar-refractivity contribution in [3.8, 4) is 0 Å². The fraction of sp³-hybridized carbons (Fsp3) is 0.389. The van der Waals surface area contributed by atoms with E-state index in [9.17, 15) is 9.59 Å². The molecule has 2 aromatic heterocycles. The third-order valence-electron chi connectivity index (χ3n) is 4.20. The molecule has 0 saturated heterocycles. The normalized spacial score (nSPS) is 11.4. The van der Waals surface area contributed by atoms with Gasteiger partial charge in [-0.05, 0) is 11.5 Å². The standard InChI is InChI=1S/C18H23N5O2/c1-12(2)10-19-17-20-15-14(16(24)22(4)18(25)21(15)3)23(17)11-13-8-6-5-7-9-13/h5-9,12H,10-11H2,1-4H3,(H,19,20). The van der Waals surface area contributed by atoms with Crippen molar-refractivity contribution in [1.82, 2.24) is 18.7 Å². The quantitative estimate of drug-likeness (QED) is 0.764. The number of nitrogens with one attached hydrogen (secondary N) is 1. The van der Waals surface area contributed by atoms with Gasteiger partial charge in [0.1, 0.15) is 0 Å². The summed E-state index contributed by atoms with van der Waals surface area (Å²) in [5.41, 5.74) is 1.18. The van der Waals surface area contributed by atoms with Gasteiger partial charge in [-0.2, -0.15) is 4.98 Å². The van der Waals surface area contributed by atoms with Crippen molar-refractivity contribution in [2.45, 2.75) is 20.4 Å². The molecule has 0 aliphatic carbocycles. The van der Waals surface area contributed by atoms with Crippen molar-refractivity contribution in [2.75, 3.05) is 11.9 Å². The highest BCUT2D eigenvalue weighted by Crippen LogP contribution is 2.18. The molecule has 1 aromatic carbocycles. The Hall–Kier alpha value is -2.83. The molecule has 0 aliphatic heterocycles. The maximum atomic E-state index is 12.7. The van der Waals surface area contributed by atoms with Gasteiger partial charge < -0.3 is 5.32 Å². The van der Waals surface area contributed by atoms with E-state index in [1.165, 1.54) is 11.6 Å². The summed E-state index contributed by atoms with van der Waals surface area (Å²) >= 11 is 0. The van der Waals surface area contributed by atoms with E-state index in [0.717, 1.165) is 16.7 Å². The topological polar surface area (TPSA) is 73.8 Å². The van der Waals surface area contributed by atoms with Gasteiger partial charge in [0.05, 0.1) is 6.54 Å². The molecule has 0 amide bonds. The van der Waals surface area contributed by atoms with E-state index in [0.29, 0.717) is 29.6 Å². The van der Waals surface area contributed by atoms with E-state index in [4.69, 9.17) is 0 Å². The molecule has 0 aliphatic rings. The molecular weight excluding hydrogens is 318 g/mol. The van der Waals surface area contributed by atoms with E-state index in [-0.39, 0.29) is 11.2 Å². The van der Waals surface area contributed by atoms with Crippen LogP contribution < -0.4 is 16.6 Å². The highest BCUT2D eigenvalue weighted by molar-refractivity contribution is 5.74. The second-order valence-corrected chi connectivity index (χ2v) is 6.66. The van der Waals surface area contributed by atoms with Gasteiger partial charge in [-0.25, -0.2) is 4.79 Å². The number of imidazole rings is 1. The highest BCUT2D eigenvalue weighted by Gasteiger charge is 2.19. The van der Waals surface area contributed by atoms with Crippen LogP contribution in [0.5, 0.6) is 0 Å². The van der Waals surface area contributed by atoms with Gasteiger partial charge in [-0.15, -0.1) is 0 Å². The summed E-state index contributed by atoms with van der Waals surface area (Å²) in [5.74, 6) is 1.03. The number of hydrogen-bond acceptors (Lipinski definition) is 4. The number of aromatic nitrogens is 4. The zero-order valence-corrected chi connectivity index (χ0v) is 15.0. The van der Waals surface area contributed by atoms with Gasteiger partial charge in [-0.3, -0.25) is 18.5 Å². The minimum absolute atomic E-state index is 0.334. The van der Waals surface area contributed by atoms with Crippen molar-refractivity contribution in [2.24, 2.45) is 20.0 Å². The molecule has 1 N–H and O–H groups in total. The van der Waals surface area contributed by atoms with Gasteiger partial charge in [0.2, 0.25) is 5.95 Å². The van der Waals surface area contributed by atoms with Crippen molar-refractivity contribution in [1.29, 1.82) is 0 Å². The summed E-state index contributed by atoms with van der Waals surface area (Å²) in [5, 5.41) is 3.30. The zero-order chi connectivity index (χ0) is 18.1. The molecular formula is C18H23N5O2. The molecule has 0 saturated carbocycles. The molecule has 132 valence electrons. The van der Waals surface area contributed by atoms with Gasteiger partial charge in [0.15, 0.2) is 11.2 Å². The number of aryl methyl sites for hydroxylation is 1. The van der Waals surface area contributed by atoms with E-state index < -0.39 is 0 Å². The molecule has 0 fully saturated rings. The summed E-state index contributed by atoms with van der Waals surface area (Å²) in [7, 11) is 3.13. The summed E-state index contributed by atoms with van der Waals surface area (Å²) in [6.45, 7) is 5.44. The van der Waals surface area contributed by atoms with Crippen LogP contribution in [-0.4, -0.2) is 25.2 Å². The van der Waals surface area contributed by atoms with Crippen LogP contribution >= 0.6 is 0 Å². The maximum absolute atomic E-state index is 12.7. The van der Waals surface area contributed by atoms with Crippen LogP contribution in [0.2, 0.25) is 0 Å². The molecule has 0 spiro atoms. The van der Waals surface area contributed by atoms with E-state index in [2.05, 4.69) is 24.1 Å². The molecule has 3 aromatic rings. The lowest BCUT2D eigenvalue weighted by molar-refractivity contribution is 0.677. The average molecular weight is 341 g/mol. The third-order valence-corrected chi connectivity index (χ3v) is 4.20. The molecule has 0 unspecified atom stereocenters. The number of hydrogen-bond donors (Lipinski definition) is 1. The van der Waals surface area contributed by atoms with Crippen LogP contribution in [0.3, 0.4) is 0 Å². The number of rotatable bonds is 5. The molecule has 0 bridgehead atoms. The molecule has 3 rings (SSSR count). The first-order chi connectivity index (χ1) is 11.9. The van der Waals surface area contributed by atoms with E-state index in [1.54, 1.807) is 7.05 Å². The second kappa shape index (κ2) is 6.58. The van der Waals surface area contributed by atoms with Crippen LogP contribution in [-0.2, 0) is 20.6 Å². The first kappa shape index (κ1) is 17.0. The smallest absolute Gasteiger partial charge is 0.332 e. The highest BCUT2D eigenvalue weighted by atomic mass is 16.2. The Morgan fingerprint density at radius 2 is 1.76 bits per heavy atom. The van der Waals surface area contributed by atoms with Crippen LogP contribution in [0, 0.1) is 5.92 Å². The molecule has 0 atom stereocenters. The summed E-state index contributed by atoms with van der Waals surface area (Å²) < 4.78 is 4.39. The minimum Gasteiger partial charge on any atom is -0.355 e. The van der Waals surface area contributed by atoms with E-state index in [1.807, 2.05) is 34.9 Å². The average Bonchev–Trinajstić information content (AvgIpc) is 2.95. The fourth-order valence-corrected chi connectivity index (χ4v) is 2.80. The van der Waals surface area contributed by atoms with Crippen molar-refractivity contribution < 1.29 is 0 Å². The zero-order valence-electron chi connectivity index (χ0n) is 15.0. The van der Waals surface area contributed by atoms with Crippen LogP contribution in [0.25, 0.3) is 11.2 Å². The van der Waals surface area contributed by atoms with Crippen molar-refractivity contribution in [3.05, 3.63) is 56.7 Å². The molecule has 0 radical (unpaired) electrons. The van der Waals surface area contributed by atoms with E-state index >= 15 is 0 Å². The Morgan fingerprint density at radius 3 is 2.40 bits per heavy atom. The van der Waals surface area contributed by atoms with Crippen molar-refractivity contribution in [3.63, 3.8) is 0 Å². The van der Waals surface area contributed by atoms with Crippen molar-refractivity contribution >= 4 is 17.1 Å². The lowest BCUT2D eigenvalue weighted by Gasteiger charge is -2.12. The summed E-state index contributed by atoms with van der Waals surface area (Å²) in [4.78, 5) is 29.5. The first-order valence-electron chi connectivity index (χ1n) is 8.34. The van der Waals surface area contributed by atoms with Crippen LogP contribution in [0.15, 0.2) is 39.9 Å². The van der Waals surface area contributed by atoms with Gasteiger partial charge in [-0.1, -0.05) is 44.2 Å². The second-order valence-electron chi connectivity index (χ2n) is 6.66. The lowest BCUT2D eigenvalue weighted by atomic mass is 10.2. The van der Waals surface area contributed by atoms with Crippen LogP contribution in [0.1, 0.15) is 19.4 Å². The predicted molar refractivity (Wildman–Crippen MR) is 99.1 cm³/mol. The first-order valence-corrected chi connectivity index (χ1v) is 8.34. The number of anilines is 1. The number of benzene rings is 1. The predicted octanol–water partition coefficient (Wildman–Crippen LogP) is 1.55. The Kier molecular flexibility index (Phi) is 4.48. The Bertz CT molecular complexity index is 1010. The van der Waals surface area contributed by atoms with Crippen LogP contribution in [0.4, 0.5) is 5.95 Å². The Morgan fingerprint density at radius 1 is 1.08 bits per heavy atom. The van der Waals surface area contributed by atoms with Gasteiger partial charge in [0.25, 0.3) is 5.56 Å². The maximum Gasteiger partial charge on any atom is 0.332 e. The van der Waals surface area contributed by atoms with Gasteiger partial charge >= 0.3 is 5.69 Å². The molecule has 2 heterocycles. The largest absolute Gasteiger partial charge is 0.355 e. The number of fused-ring (bicyclic) bond motifs is 1. The Labute approximate surface area is 145 Å². The lowest BCUT2D eigenvalue weighted by Crippen LogP contribution is -2.37.